The molecular formula is C15H22BrFN2. The van der Waals surface area contributed by atoms with Gasteiger partial charge in [-0.2, -0.15) is 0 Å². The standard InChI is InChI=1S/C15H22BrFN2/c1-10(2)15-9-19(11(3)7-18-15)8-12-6-13(16)4-5-14(12)17/h4-6,10-11,15,18H,7-9H2,1-3H3. The topological polar surface area (TPSA) is 15.3 Å². The summed E-state index contributed by atoms with van der Waals surface area (Å²) < 4.78 is 14.8. The minimum atomic E-state index is -0.116. The van der Waals surface area contributed by atoms with Gasteiger partial charge in [0, 0.05) is 41.8 Å². The molecule has 106 valence electrons. The second kappa shape index (κ2) is 6.33. The van der Waals surface area contributed by atoms with Crippen molar-refractivity contribution in [3.8, 4) is 0 Å². The zero-order valence-corrected chi connectivity index (χ0v) is 13.4. The SMILES string of the molecule is CC(C)C1CN(Cc2cc(Br)ccc2F)C(C)CN1. The van der Waals surface area contributed by atoms with Crippen LogP contribution >= 0.6 is 15.9 Å². The van der Waals surface area contributed by atoms with E-state index in [0.717, 1.165) is 23.1 Å². The van der Waals surface area contributed by atoms with Gasteiger partial charge in [-0.05, 0) is 31.0 Å². The summed E-state index contributed by atoms with van der Waals surface area (Å²) in [5.74, 6) is 0.484. The van der Waals surface area contributed by atoms with E-state index in [1.165, 1.54) is 6.07 Å². The van der Waals surface area contributed by atoms with Crippen molar-refractivity contribution in [3.63, 3.8) is 0 Å². The summed E-state index contributed by atoms with van der Waals surface area (Å²) in [6, 6.07) is 6.09. The van der Waals surface area contributed by atoms with Crippen LogP contribution in [0.1, 0.15) is 26.3 Å². The number of hydrogen-bond acceptors (Lipinski definition) is 2. The Bertz CT molecular complexity index is 436. The lowest BCUT2D eigenvalue weighted by atomic mass is 9.99. The number of hydrogen-bond donors (Lipinski definition) is 1. The van der Waals surface area contributed by atoms with Crippen LogP contribution < -0.4 is 5.32 Å². The molecule has 19 heavy (non-hydrogen) atoms. The van der Waals surface area contributed by atoms with Crippen molar-refractivity contribution in [2.45, 2.75) is 39.4 Å². The number of halogens is 2. The van der Waals surface area contributed by atoms with Crippen LogP contribution in [0.25, 0.3) is 0 Å². The number of rotatable bonds is 3. The monoisotopic (exact) mass is 328 g/mol. The molecule has 1 aliphatic rings. The molecule has 0 aromatic heterocycles. The van der Waals surface area contributed by atoms with Gasteiger partial charge >= 0.3 is 0 Å². The second-order valence-corrected chi connectivity index (χ2v) is 6.69. The minimum absolute atomic E-state index is 0.116. The molecule has 0 aliphatic carbocycles. The molecule has 2 atom stereocenters. The highest BCUT2D eigenvalue weighted by molar-refractivity contribution is 9.10. The molecular weight excluding hydrogens is 307 g/mol. The van der Waals surface area contributed by atoms with Crippen LogP contribution in [0.3, 0.4) is 0 Å². The van der Waals surface area contributed by atoms with Crippen LogP contribution in [-0.4, -0.2) is 30.1 Å². The summed E-state index contributed by atoms with van der Waals surface area (Å²) in [6.45, 7) is 9.27. The van der Waals surface area contributed by atoms with Gasteiger partial charge in [-0.3, -0.25) is 4.90 Å². The average Bonchev–Trinajstić information content (AvgIpc) is 2.36. The highest BCUT2D eigenvalue weighted by atomic mass is 79.9. The molecule has 0 saturated carbocycles. The highest BCUT2D eigenvalue weighted by Gasteiger charge is 2.27. The molecule has 0 bridgehead atoms. The maximum absolute atomic E-state index is 13.8. The molecule has 1 N–H and O–H groups in total. The van der Waals surface area contributed by atoms with Crippen LogP contribution in [0.4, 0.5) is 4.39 Å². The lowest BCUT2D eigenvalue weighted by Gasteiger charge is -2.40. The predicted molar refractivity (Wildman–Crippen MR) is 80.6 cm³/mol. The van der Waals surface area contributed by atoms with E-state index in [9.17, 15) is 4.39 Å². The highest BCUT2D eigenvalue weighted by Crippen LogP contribution is 2.20. The Morgan fingerprint density at radius 2 is 2.21 bits per heavy atom. The van der Waals surface area contributed by atoms with Crippen molar-refractivity contribution in [2.75, 3.05) is 13.1 Å². The second-order valence-electron chi connectivity index (χ2n) is 5.77. The molecule has 1 aliphatic heterocycles. The van der Waals surface area contributed by atoms with E-state index in [1.807, 2.05) is 6.07 Å². The first-order chi connectivity index (χ1) is 8.97. The van der Waals surface area contributed by atoms with Gasteiger partial charge < -0.3 is 5.32 Å². The first kappa shape index (κ1) is 14.9. The quantitative estimate of drug-likeness (QED) is 0.914. The molecule has 2 unspecified atom stereocenters. The fraction of sp³-hybridized carbons (Fsp3) is 0.600. The Kier molecular flexibility index (Phi) is 4.98. The van der Waals surface area contributed by atoms with Gasteiger partial charge in [0.25, 0.3) is 0 Å². The first-order valence-corrected chi connectivity index (χ1v) is 7.68. The summed E-state index contributed by atoms with van der Waals surface area (Å²) in [4.78, 5) is 2.37. The third-order valence-electron chi connectivity index (χ3n) is 3.92. The van der Waals surface area contributed by atoms with Gasteiger partial charge in [-0.15, -0.1) is 0 Å². The number of nitrogens with one attached hydrogen (secondary N) is 1. The molecule has 4 heteroatoms. The molecule has 2 nitrogen and oxygen atoms in total. The fourth-order valence-corrected chi connectivity index (χ4v) is 2.91. The maximum atomic E-state index is 13.8. The Morgan fingerprint density at radius 3 is 2.89 bits per heavy atom. The lowest BCUT2D eigenvalue weighted by molar-refractivity contribution is 0.115. The van der Waals surface area contributed by atoms with E-state index in [2.05, 4.69) is 46.9 Å². The Morgan fingerprint density at radius 1 is 1.47 bits per heavy atom. The zero-order valence-electron chi connectivity index (χ0n) is 11.8. The van der Waals surface area contributed by atoms with Gasteiger partial charge in [-0.25, -0.2) is 4.39 Å². The van der Waals surface area contributed by atoms with E-state index in [-0.39, 0.29) is 5.82 Å². The van der Waals surface area contributed by atoms with Gasteiger partial charge in [0.15, 0.2) is 0 Å². The van der Waals surface area contributed by atoms with Crippen LogP contribution in [0.15, 0.2) is 22.7 Å². The summed E-state index contributed by atoms with van der Waals surface area (Å²) in [5.41, 5.74) is 0.769. The van der Waals surface area contributed by atoms with Crippen molar-refractivity contribution >= 4 is 15.9 Å². The zero-order chi connectivity index (χ0) is 14.0. The van der Waals surface area contributed by atoms with E-state index in [0.29, 0.717) is 24.5 Å². The summed E-state index contributed by atoms with van der Waals surface area (Å²) in [7, 11) is 0. The third-order valence-corrected chi connectivity index (χ3v) is 4.41. The number of piperazine rings is 1. The Hall–Kier alpha value is -0.450. The molecule has 1 saturated heterocycles. The van der Waals surface area contributed by atoms with Gasteiger partial charge in [0.1, 0.15) is 5.82 Å². The molecule has 1 aromatic rings. The fourth-order valence-electron chi connectivity index (χ4n) is 2.50. The minimum Gasteiger partial charge on any atom is -0.311 e. The smallest absolute Gasteiger partial charge is 0.127 e. The van der Waals surface area contributed by atoms with E-state index in [4.69, 9.17) is 0 Å². The summed E-state index contributed by atoms with van der Waals surface area (Å²) in [6.07, 6.45) is 0. The van der Waals surface area contributed by atoms with Gasteiger partial charge in [0.2, 0.25) is 0 Å². The third kappa shape index (κ3) is 3.77. The Labute approximate surface area is 123 Å². The van der Waals surface area contributed by atoms with E-state index in [1.54, 1.807) is 6.07 Å². The molecule has 1 fully saturated rings. The summed E-state index contributed by atoms with van der Waals surface area (Å²) in [5, 5.41) is 3.57. The number of nitrogens with zero attached hydrogens (tertiary/aromatic N) is 1. The normalized spacial score (nSPS) is 24.9. The van der Waals surface area contributed by atoms with Gasteiger partial charge in [-0.1, -0.05) is 29.8 Å². The molecule has 2 rings (SSSR count). The largest absolute Gasteiger partial charge is 0.311 e. The maximum Gasteiger partial charge on any atom is 0.127 e. The first-order valence-electron chi connectivity index (χ1n) is 6.88. The summed E-state index contributed by atoms with van der Waals surface area (Å²) >= 11 is 3.41. The molecule has 0 amide bonds. The van der Waals surface area contributed by atoms with Crippen molar-refractivity contribution < 1.29 is 4.39 Å². The van der Waals surface area contributed by atoms with Crippen molar-refractivity contribution in [1.29, 1.82) is 0 Å². The molecule has 1 aromatic carbocycles. The van der Waals surface area contributed by atoms with Crippen LogP contribution in [0.5, 0.6) is 0 Å². The lowest BCUT2D eigenvalue weighted by Crippen LogP contribution is -2.56. The number of benzene rings is 1. The molecule has 1 heterocycles. The molecule has 0 radical (unpaired) electrons. The van der Waals surface area contributed by atoms with Gasteiger partial charge in [0.05, 0.1) is 0 Å². The van der Waals surface area contributed by atoms with Crippen molar-refractivity contribution in [2.24, 2.45) is 5.92 Å². The van der Waals surface area contributed by atoms with E-state index < -0.39 is 0 Å². The van der Waals surface area contributed by atoms with Crippen molar-refractivity contribution in [3.05, 3.63) is 34.1 Å². The van der Waals surface area contributed by atoms with Crippen LogP contribution in [-0.2, 0) is 6.54 Å². The van der Waals surface area contributed by atoms with Crippen LogP contribution in [0.2, 0.25) is 0 Å². The van der Waals surface area contributed by atoms with E-state index >= 15 is 0 Å². The van der Waals surface area contributed by atoms with Crippen LogP contribution in [0, 0.1) is 11.7 Å². The average molecular weight is 329 g/mol. The predicted octanol–water partition coefficient (Wildman–Crippen LogP) is 3.41. The Balaban J connectivity index is 2.09. The molecule has 0 spiro atoms. The van der Waals surface area contributed by atoms with Crippen molar-refractivity contribution in [1.82, 2.24) is 10.2 Å².